The molecule has 29 heavy (non-hydrogen) atoms. The van der Waals surface area contributed by atoms with Crippen LogP contribution in [0.3, 0.4) is 0 Å². The van der Waals surface area contributed by atoms with Crippen LogP contribution in [0.25, 0.3) is 0 Å². The minimum absolute atomic E-state index is 0.472. The SMILES string of the molecule is O=CCCCCCCCCOc1cc(Br)cc(C(NC(=O)O)c2ccccc2)c1. The van der Waals surface area contributed by atoms with Crippen molar-refractivity contribution in [3.05, 3.63) is 64.1 Å². The lowest BCUT2D eigenvalue weighted by atomic mass is 9.98. The smallest absolute Gasteiger partial charge is 0.405 e. The largest absolute Gasteiger partial charge is 0.494 e. The molecule has 2 aromatic carbocycles. The first kappa shape index (κ1) is 22.9. The van der Waals surface area contributed by atoms with Crippen LogP contribution in [0.15, 0.2) is 53.0 Å². The summed E-state index contributed by atoms with van der Waals surface area (Å²) in [6.45, 7) is 0.618. The second-order valence-corrected chi connectivity index (χ2v) is 7.85. The molecule has 0 heterocycles. The summed E-state index contributed by atoms with van der Waals surface area (Å²) < 4.78 is 6.75. The molecule has 0 aliphatic carbocycles. The molecule has 0 saturated carbocycles. The molecular weight excluding hydrogens is 434 g/mol. The quantitative estimate of drug-likeness (QED) is 0.278. The van der Waals surface area contributed by atoms with Gasteiger partial charge in [-0.3, -0.25) is 0 Å². The minimum Gasteiger partial charge on any atom is -0.494 e. The average molecular weight is 462 g/mol. The van der Waals surface area contributed by atoms with Crippen LogP contribution in [-0.2, 0) is 4.79 Å². The second-order valence-electron chi connectivity index (χ2n) is 6.94. The molecule has 2 rings (SSSR count). The topological polar surface area (TPSA) is 75.6 Å². The Balaban J connectivity index is 1.92. The summed E-state index contributed by atoms with van der Waals surface area (Å²) in [7, 11) is 0. The third-order valence-electron chi connectivity index (χ3n) is 4.61. The van der Waals surface area contributed by atoms with Gasteiger partial charge in [0.1, 0.15) is 12.0 Å². The van der Waals surface area contributed by atoms with E-state index in [2.05, 4.69) is 21.2 Å². The Morgan fingerprint density at radius 1 is 1.00 bits per heavy atom. The van der Waals surface area contributed by atoms with Crippen LogP contribution in [0.1, 0.15) is 62.1 Å². The molecule has 0 aromatic heterocycles. The number of nitrogens with one attached hydrogen (secondary N) is 1. The molecule has 0 spiro atoms. The van der Waals surface area contributed by atoms with E-state index in [0.717, 1.165) is 60.4 Å². The minimum atomic E-state index is -1.07. The van der Waals surface area contributed by atoms with E-state index in [1.54, 1.807) is 0 Å². The van der Waals surface area contributed by atoms with Crippen molar-refractivity contribution < 1.29 is 19.4 Å². The lowest BCUT2D eigenvalue weighted by molar-refractivity contribution is -0.107. The van der Waals surface area contributed by atoms with Gasteiger partial charge in [-0.05, 0) is 42.2 Å². The zero-order valence-corrected chi connectivity index (χ0v) is 18.1. The number of carbonyl (C=O) groups excluding carboxylic acids is 1. The van der Waals surface area contributed by atoms with Crippen LogP contribution in [0.5, 0.6) is 5.75 Å². The van der Waals surface area contributed by atoms with Crippen LogP contribution in [0.2, 0.25) is 0 Å². The first-order chi connectivity index (χ1) is 14.1. The van der Waals surface area contributed by atoms with Crippen molar-refractivity contribution in [2.24, 2.45) is 0 Å². The number of rotatable bonds is 13. The Bertz CT molecular complexity index is 767. The number of benzene rings is 2. The highest BCUT2D eigenvalue weighted by Crippen LogP contribution is 2.29. The highest BCUT2D eigenvalue weighted by molar-refractivity contribution is 9.10. The highest BCUT2D eigenvalue weighted by atomic mass is 79.9. The van der Waals surface area contributed by atoms with Gasteiger partial charge in [0.05, 0.1) is 12.6 Å². The number of carboxylic acid groups (broad SMARTS) is 1. The summed E-state index contributed by atoms with van der Waals surface area (Å²) in [5.74, 6) is 0.716. The summed E-state index contributed by atoms with van der Waals surface area (Å²) in [5.41, 5.74) is 1.69. The summed E-state index contributed by atoms with van der Waals surface area (Å²) in [6, 6.07) is 14.7. The Morgan fingerprint density at radius 2 is 1.69 bits per heavy atom. The molecule has 1 unspecified atom stereocenters. The molecule has 0 aliphatic rings. The van der Waals surface area contributed by atoms with Gasteiger partial charge in [-0.15, -0.1) is 0 Å². The van der Waals surface area contributed by atoms with E-state index in [0.29, 0.717) is 18.8 Å². The predicted molar refractivity (Wildman–Crippen MR) is 117 cm³/mol. The summed E-state index contributed by atoms with van der Waals surface area (Å²) in [4.78, 5) is 21.6. The van der Waals surface area contributed by atoms with Crippen molar-refractivity contribution in [2.75, 3.05) is 6.61 Å². The third kappa shape index (κ3) is 8.69. The fraction of sp³-hybridized carbons (Fsp3) is 0.391. The average Bonchev–Trinajstić information content (AvgIpc) is 2.71. The molecular formula is C23H28BrNO4. The maximum atomic E-state index is 11.3. The first-order valence-corrected chi connectivity index (χ1v) is 10.8. The maximum absolute atomic E-state index is 11.3. The van der Waals surface area contributed by atoms with Crippen LogP contribution in [0, 0.1) is 0 Å². The molecule has 0 aliphatic heterocycles. The van der Waals surface area contributed by atoms with Gasteiger partial charge in [0.25, 0.3) is 0 Å². The van der Waals surface area contributed by atoms with Crippen LogP contribution >= 0.6 is 15.9 Å². The predicted octanol–water partition coefficient (Wildman–Crippen LogP) is 6.11. The number of hydrogen-bond acceptors (Lipinski definition) is 3. The Labute approximate surface area is 180 Å². The van der Waals surface area contributed by atoms with Crippen molar-refractivity contribution in [1.82, 2.24) is 5.32 Å². The number of hydrogen-bond donors (Lipinski definition) is 2. The van der Waals surface area contributed by atoms with Crippen molar-refractivity contribution in [2.45, 2.75) is 51.0 Å². The van der Waals surface area contributed by atoms with Gasteiger partial charge in [-0.25, -0.2) is 4.79 Å². The fourth-order valence-electron chi connectivity index (χ4n) is 3.19. The molecule has 5 nitrogen and oxygen atoms in total. The van der Waals surface area contributed by atoms with Crippen molar-refractivity contribution >= 4 is 28.3 Å². The van der Waals surface area contributed by atoms with E-state index in [9.17, 15) is 14.7 Å². The second kappa shape index (κ2) is 13.0. The summed E-state index contributed by atoms with van der Waals surface area (Å²) in [6.07, 6.45) is 7.00. The van der Waals surface area contributed by atoms with Gasteiger partial charge in [0, 0.05) is 10.9 Å². The zero-order chi connectivity index (χ0) is 20.9. The van der Waals surface area contributed by atoms with Gasteiger partial charge in [0.15, 0.2) is 0 Å². The first-order valence-electron chi connectivity index (χ1n) is 10.0. The Kier molecular flexibility index (Phi) is 10.3. The van der Waals surface area contributed by atoms with Crippen molar-refractivity contribution in [3.63, 3.8) is 0 Å². The lowest BCUT2D eigenvalue weighted by Gasteiger charge is -2.19. The van der Waals surface area contributed by atoms with E-state index in [1.165, 1.54) is 0 Å². The van der Waals surface area contributed by atoms with Gasteiger partial charge < -0.3 is 20.0 Å². The van der Waals surface area contributed by atoms with E-state index < -0.39 is 12.1 Å². The Hall–Kier alpha value is -2.34. The number of carbonyl (C=O) groups is 2. The monoisotopic (exact) mass is 461 g/mol. The number of amides is 1. The van der Waals surface area contributed by atoms with E-state index in [-0.39, 0.29) is 0 Å². The van der Waals surface area contributed by atoms with Crippen LogP contribution in [-0.4, -0.2) is 24.1 Å². The Morgan fingerprint density at radius 3 is 2.38 bits per heavy atom. The van der Waals surface area contributed by atoms with Crippen LogP contribution in [0.4, 0.5) is 4.79 Å². The third-order valence-corrected chi connectivity index (χ3v) is 5.07. The van der Waals surface area contributed by atoms with Gasteiger partial charge in [-0.2, -0.15) is 0 Å². The summed E-state index contributed by atoms with van der Waals surface area (Å²) in [5, 5.41) is 11.9. The molecule has 0 fully saturated rings. The molecule has 1 amide bonds. The van der Waals surface area contributed by atoms with Crippen molar-refractivity contribution in [3.8, 4) is 5.75 Å². The normalized spacial score (nSPS) is 11.6. The van der Waals surface area contributed by atoms with Crippen molar-refractivity contribution in [1.29, 1.82) is 0 Å². The zero-order valence-electron chi connectivity index (χ0n) is 16.5. The van der Waals surface area contributed by atoms with Gasteiger partial charge >= 0.3 is 6.09 Å². The molecule has 0 saturated heterocycles. The molecule has 0 bridgehead atoms. The maximum Gasteiger partial charge on any atom is 0.405 e. The van der Waals surface area contributed by atoms with E-state index in [4.69, 9.17) is 4.74 Å². The number of aldehydes is 1. The van der Waals surface area contributed by atoms with Gasteiger partial charge in [-0.1, -0.05) is 71.9 Å². The molecule has 2 aromatic rings. The van der Waals surface area contributed by atoms with Gasteiger partial charge in [0.2, 0.25) is 0 Å². The standard InChI is InChI=1S/C23H28BrNO4/c24-20-15-19(22(25-23(27)28)18-11-7-6-8-12-18)16-21(17-20)29-14-10-5-3-1-2-4-9-13-26/h6-8,11-13,15-17,22,25H,1-5,9-10,14H2,(H,27,28). The molecule has 2 N–H and O–H groups in total. The number of unbranched alkanes of at least 4 members (excludes halogenated alkanes) is 6. The fourth-order valence-corrected chi connectivity index (χ4v) is 3.68. The molecule has 0 radical (unpaired) electrons. The summed E-state index contributed by atoms with van der Waals surface area (Å²) >= 11 is 3.50. The van der Waals surface area contributed by atoms with E-state index >= 15 is 0 Å². The highest BCUT2D eigenvalue weighted by Gasteiger charge is 2.17. The number of ether oxygens (including phenoxy) is 1. The molecule has 6 heteroatoms. The lowest BCUT2D eigenvalue weighted by Crippen LogP contribution is -2.27. The molecule has 156 valence electrons. The van der Waals surface area contributed by atoms with Crippen LogP contribution < -0.4 is 10.1 Å². The number of halogens is 1. The molecule has 1 atom stereocenters. The van der Waals surface area contributed by atoms with E-state index in [1.807, 2.05) is 48.5 Å².